The molecule has 1 fully saturated rings. The highest BCUT2D eigenvalue weighted by molar-refractivity contribution is 7.99. The smallest absolute Gasteiger partial charge is 0.232 e. The van der Waals surface area contributed by atoms with Gasteiger partial charge in [-0.3, -0.25) is 14.6 Å². The summed E-state index contributed by atoms with van der Waals surface area (Å²) in [6, 6.07) is 3.89. The summed E-state index contributed by atoms with van der Waals surface area (Å²) >= 11 is 2.86. The number of thioether (sulfide) groups is 1. The van der Waals surface area contributed by atoms with E-state index in [4.69, 9.17) is 0 Å². The fourth-order valence-electron chi connectivity index (χ4n) is 2.68. The zero-order valence-electron chi connectivity index (χ0n) is 13.6. The number of amides is 2. The first kappa shape index (κ1) is 17.8. The second-order valence-electron chi connectivity index (χ2n) is 5.77. The van der Waals surface area contributed by atoms with E-state index in [1.165, 1.54) is 11.3 Å². The molecule has 1 aliphatic rings. The third kappa shape index (κ3) is 5.23. The van der Waals surface area contributed by atoms with E-state index >= 15 is 0 Å². The molecule has 1 saturated heterocycles. The fraction of sp³-hybridized carbons (Fsp3) is 0.438. The molecule has 0 aliphatic carbocycles. The van der Waals surface area contributed by atoms with Crippen molar-refractivity contribution in [3.63, 3.8) is 0 Å². The lowest BCUT2D eigenvalue weighted by Crippen LogP contribution is -2.44. The lowest BCUT2D eigenvalue weighted by Gasteiger charge is -2.31. The Bertz CT molecular complexity index is 696. The van der Waals surface area contributed by atoms with Gasteiger partial charge in [-0.25, -0.2) is 0 Å². The molecule has 0 bridgehead atoms. The van der Waals surface area contributed by atoms with E-state index in [1.54, 1.807) is 28.4 Å². The van der Waals surface area contributed by atoms with Crippen LogP contribution in [-0.4, -0.2) is 50.7 Å². The molecule has 2 aromatic rings. The summed E-state index contributed by atoms with van der Waals surface area (Å²) < 4.78 is 0. The normalized spacial score (nSPS) is 17.3. The molecule has 0 radical (unpaired) electrons. The van der Waals surface area contributed by atoms with Crippen LogP contribution in [0.5, 0.6) is 0 Å². The molecule has 25 heavy (non-hydrogen) atoms. The number of hydrogen-bond acceptors (Lipinski definition) is 7. The van der Waals surface area contributed by atoms with Crippen LogP contribution in [0.3, 0.4) is 0 Å². The van der Waals surface area contributed by atoms with Gasteiger partial charge in [-0.15, -0.1) is 22.0 Å². The number of rotatable bonds is 6. The van der Waals surface area contributed by atoms with Crippen LogP contribution < -0.4 is 5.32 Å². The molecule has 0 aromatic carbocycles. The average molecular weight is 377 g/mol. The predicted molar refractivity (Wildman–Crippen MR) is 98.2 cm³/mol. The van der Waals surface area contributed by atoms with Gasteiger partial charge in [0.15, 0.2) is 0 Å². The van der Waals surface area contributed by atoms with Crippen LogP contribution in [0.2, 0.25) is 0 Å². The minimum Gasteiger partial charge on any atom is -0.341 e. The van der Waals surface area contributed by atoms with Gasteiger partial charge in [-0.2, -0.15) is 0 Å². The minimum absolute atomic E-state index is 0.0855. The fourth-order valence-corrected chi connectivity index (χ4v) is 4.00. The lowest BCUT2D eigenvalue weighted by molar-refractivity contribution is -0.132. The number of carbonyl (C=O) groups excluding carboxylic acids is 2. The third-order valence-electron chi connectivity index (χ3n) is 3.95. The maximum absolute atomic E-state index is 12.4. The Morgan fingerprint density at radius 3 is 3.12 bits per heavy atom. The quantitative estimate of drug-likeness (QED) is 0.829. The molecule has 2 aromatic heterocycles. The Kier molecular flexibility index (Phi) is 6.35. The van der Waals surface area contributed by atoms with E-state index in [0.29, 0.717) is 17.4 Å². The number of nitrogens with zero attached hydrogens (tertiary/aromatic N) is 4. The van der Waals surface area contributed by atoms with Gasteiger partial charge in [0, 0.05) is 31.2 Å². The summed E-state index contributed by atoms with van der Waals surface area (Å²) in [6.07, 6.45) is 5.18. The number of likely N-dealkylation sites (tertiary alicyclic amines) is 1. The molecule has 3 rings (SSSR count). The Labute approximate surface area is 154 Å². The zero-order valence-corrected chi connectivity index (χ0v) is 15.3. The van der Waals surface area contributed by atoms with E-state index in [2.05, 4.69) is 20.5 Å². The van der Waals surface area contributed by atoms with Gasteiger partial charge in [0.25, 0.3) is 0 Å². The standard InChI is InChI=1S/C16H19N5O2S2/c22-14(10-24-9-12-3-1-5-17-7-12)21-6-2-4-13(8-21)15(23)19-16-20-18-11-25-16/h1,3,5,7,11,13H,2,4,6,8-10H2,(H,19,20,23). The van der Waals surface area contributed by atoms with Gasteiger partial charge in [0.1, 0.15) is 5.51 Å². The Morgan fingerprint density at radius 2 is 2.36 bits per heavy atom. The number of piperidine rings is 1. The topological polar surface area (TPSA) is 88.1 Å². The summed E-state index contributed by atoms with van der Waals surface area (Å²) in [5.41, 5.74) is 2.68. The number of hydrogen-bond donors (Lipinski definition) is 1. The van der Waals surface area contributed by atoms with E-state index < -0.39 is 0 Å². The van der Waals surface area contributed by atoms with Crippen LogP contribution in [0.1, 0.15) is 18.4 Å². The van der Waals surface area contributed by atoms with Crippen molar-refractivity contribution >= 4 is 40.0 Å². The van der Waals surface area contributed by atoms with Crippen molar-refractivity contribution in [2.24, 2.45) is 5.92 Å². The van der Waals surface area contributed by atoms with Crippen molar-refractivity contribution < 1.29 is 9.59 Å². The molecule has 0 saturated carbocycles. The molecule has 7 nitrogen and oxygen atoms in total. The van der Waals surface area contributed by atoms with Crippen molar-refractivity contribution in [3.05, 3.63) is 35.6 Å². The molecular weight excluding hydrogens is 358 g/mol. The van der Waals surface area contributed by atoms with Crippen LogP contribution in [0.15, 0.2) is 30.0 Å². The monoisotopic (exact) mass is 377 g/mol. The molecule has 1 atom stereocenters. The van der Waals surface area contributed by atoms with Crippen molar-refractivity contribution in [3.8, 4) is 0 Å². The Morgan fingerprint density at radius 1 is 1.44 bits per heavy atom. The maximum Gasteiger partial charge on any atom is 0.232 e. The van der Waals surface area contributed by atoms with E-state index in [1.807, 2.05) is 18.3 Å². The minimum atomic E-state index is -0.190. The molecule has 132 valence electrons. The van der Waals surface area contributed by atoms with Crippen molar-refractivity contribution in [1.29, 1.82) is 0 Å². The molecule has 9 heteroatoms. The average Bonchev–Trinajstić information content (AvgIpc) is 3.15. The van der Waals surface area contributed by atoms with Crippen LogP contribution in [-0.2, 0) is 15.3 Å². The van der Waals surface area contributed by atoms with E-state index in [0.717, 1.165) is 30.7 Å². The second kappa shape index (κ2) is 8.91. The molecule has 1 aliphatic heterocycles. The van der Waals surface area contributed by atoms with Gasteiger partial charge in [-0.05, 0) is 24.5 Å². The summed E-state index contributed by atoms with van der Waals surface area (Å²) in [4.78, 5) is 30.6. The summed E-state index contributed by atoms with van der Waals surface area (Å²) in [7, 11) is 0. The first-order valence-corrected chi connectivity index (χ1v) is 10.1. The van der Waals surface area contributed by atoms with Crippen LogP contribution in [0.25, 0.3) is 0 Å². The van der Waals surface area contributed by atoms with E-state index in [-0.39, 0.29) is 17.7 Å². The number of carbonyl (C=O) groups is 2. The highest BCUT2D eigenvalue weighted by atomic mass is 32.2. The van der Waals surface area contributed by atoms with Gasteiger partial charge >= 0.3 is 0 Å². The van der Waals surface area contributed by atoms with Crippen molar-refractivity contribution in [2.75, 3.05) is 24.2 Å². The van der Waals surface area contributed by atoms with Crippen molar-refractivity contribution in [1.82, 2.24) is 20.1 Å². The molecule has 1 N–H and O–H groups in total. The van der Waals surface area contributed by atoms with Gasteiger partial charge in [-0.1, -0.05) is 17.4 Å². The SMILES string of the molecule is O=C(Nc1nncs1)C1CCCN(C(=O)CSCc2cccnc2)C1. The van der Waals surface area contributed by atoms with Gasteiger partial charge < -0.3 is 10.2 Å². The molecule has 2 amide bonds. The van der Waals surface area contributed by atoms with Crippen LogP contribution in [0.4, 0.5) is 5.13 Å². The maximum atomic E-state index is 12.4. The largest absolute Gasteiger partial charge is 0.341 e. The first-order chi connectivity index (χ1) is 12.2. The van der Waals surface area contributed by atoms with Crippen LogP contribution >= 0.6 is 23.1 Å². The van der Waals surface area contributed by atoms with E-state index in [9.17, 15) is 9.59 Å². The van der Waals surface area contributed by atoms with Gasteiger partial charge in [0.2, 0.25) is 16.9 Å². The summed E-state index contributed by atoms with van der Waals surface area (Å²) in [5.74, 6) is 0.984. The third-order valence-corrected chi connectivity index (χ3v) is 5.55. The molecule has 0 spiro atoms. The molecule has 3 heterocycles. The highest BCUT2D eigenvalue weighted by Crippen LogP contribution is 2.20. The van der Waals surface area contributed by atoms with Gasteiger partial charge in [0.05, 0.1) is 11.7 Å². The number of pyridine rings is 1. The van der Waals surface area contributed by atoms with Crippen LogP contribution in [0, 0.1) is 5.92 Å². The zero-order chi connectivity index (χ0) is 17.5. The predicted octanol–water partition coefficient (Wildman–Crippen LogP) is 2.04. The second-order valence-corrected chi connectivity index (χ2v) is 7.58. The molecule has 1 unspecified atom stereocenters. The highest BCUT2D eigenvalue weighted by Gasteiger charge is 2.28. The summed E-state index contributed by atoms with van der Waals surface area (Å²) in [6.45, 7) is 1.19. The summed E-state index contributed by atoms with van der Waals surface area (Å²) in [5, 5.41) is 10.8. The Hall–Kier alpha value is -2.00. The van der Waals surface area contributed by atoms with Crippen molar-refractivity contribution in [2.45, 2.75) is 18.6 Å². The number of aromatic nitrogens is 3. The number of nitrogens with one attached hydrogen (secondary N) is 1. The lowest BCUT2D eigenvalue weighted by atomic mass is 9.97. The first-order valence-electron chi connectivity index (χ1n) is 8.04. The molecular formula is C16H19N5O2S2. The number of anilines is 1. The Balaban J connectivity index is 1.45.